The third-order valence-corrected chi connectivity index (χ3v) is 5.25. The fraction of sp³-hybridized carbons (Fsp3) is 0.643. The highest BCUT2D eigenvalue weighted by Gasteiger charge is 2.32. The van der Waals surface area contributed by atoms with Crippen molar-refractivity contribution in [3.8, 4) is 0 Å². The molecule has 0 saturated carbocycles. The molecule has 0 bridgehead atoms. The van der Waals surface area contributed by atoms with Crippen molar-refractivity contribution in [2.45, 2.75) is 31.7 Å². The topological polar surface area (TPSA) is 76.3 Å². The van der Waals surface area contributed by atoms with Crippen LogP contribution in [0.2, 0.25) is 0 Å². The van der Waals surface area contributed by atoms with E-state index in [2.05, 4.69) is 4.98 Å². The first-order valence-corrected chi connectivity index (χ1v) is 8.89. The SMILES string of the molecule is CC(N)(CC1CCCN(S(C)(=O)=O)C1)c1ccc(F)cn1. The Morgan fingerprint density at radius 2 is 2.24 bits per heavy atom. The van der Waals surface area contributed by atoms with Gasteiger partial charge in [-0.2, -0.15) is 0 Å². The molecule has 2 rings (SSSR count). The number of rotatable bonds is 4. The Kier molecular flexibility index (Phi) is 4.65. The Bertz CT molecular complexity index is 587. The minimum atomic E-state index is -3.16. The van der Waals surface area contributed by atoms with Crippen LogP contribution in [0, 0.1) is 11.7 Å². The molecule has 2 heterocycles. The van der Waals surface area contributed by atoms with Crippen LogP contribution in [0.5, 0.6) is 0 Å². The predicted octanol–water partition coefficient (Wildman–Crippen LogP) is 1.46. The van der Waals surface area contributed by atoms with Crippen molar-refractivity contribution in [1.29, 1.82) is 0 Å². The molecule has 1 aromatic rings. The molecule has 2 atom stereocenters. The highest BCUT2D eigenvalue weighted by atomic mass is 32.2. The Morgan fingerprint density at radius 1 is 1.52 bits per heavy atom. The molecule has 0 amide bonds. The summed E-state index contributed by atoms with van der Waals surface area (Å²) in [6.07, 6.45) is 4.80. The van der Waals surface area contributed by atoms with Crippen molar-refractivity contribution in [3.05, 3.63) is 29.8 Å². The van der Waals surface area contributed by atoms with Gasteiger partial charge >= 0.3 is 0 Å². The summed E-state index contributed by atoms with van der Waals surface area (Å²) >= 11 is 0. The standard InChI is InChI=1S/C14H22FN3O2S/c1-14(16,13-6-5-12(15)9-17-13)8-11-4-3-7-18(10-11)21(2,19)20/h5-6,9,11H,3-4,7-8,10,16H2,1-2H3. The molecule has 1 aliphatic rings. The van der Waals surface area contributed by atoms with Crippen molar-refractivity contribution in [1.82, 2.24) is 9.29 Å². The summed E-state index contributed by atoms with van der Waals surface area (Å²) < 4.78 is 37.7. The molecule has 1 saturated heterocycles. The van der Waals surface area contributed by atoms with E-state index >= 15 is 0 Å². The van der Waals surface area contributed by atoms with E-state index in [1.165, 1.54) is 16.6 Å². The summed E-state index contributed by atoms with van der Waals surface area (Å²) in [5.41, 5.74) is 6.25. The fourth-order valence-corrected chi connectivity index (χ4v) is 3.85. The fourth-order valence-electron chi connectivity index (χ4n) is 2.91. The number of pyridine rings is 1. The smallest absolute Gasteiger partial charge is 0.211 e. The van der Waals surface area contributed by atoms with Crippen LogP contribution in [0.1, 0.15) is 31.9 Å². The third-order valence-electron chi connectivity index (χ3n) is 3.98. The maximum Gasteiger partial charge on any atom is 0.211 e. The first-order valence-electron chi connectivity index (χ1n) is 7.04. The molecular formula is C14H22FN3O2S. The third kappa shape index (κ3) is 4.21. The van der Waals surface area contributed by atoms with Gasteiger partial charge in [0.25, 0.3) is 0 Å². The molecule has 5 nitrogen and oxygen atoms in total. The monoisotopic (exact) mass is 315 g/mol. The molecular weight excluding hydrogens is 293 g/mol. The molecule has 1 aromatic heterocycles. The number of hydrogen-bond donors (Lipinski definition) is 1. The Labute approximate surface area is 125 Å². The molecule has 7 heteroatoms. The lowest BCUT2D eigenvalue weighted by Gasteiger charge is -2.35. The minimum Gasteiger partial charge on any atom is -0.320 e. The Balaban J connectivity index is 2.07. The van der Waals surface area contributed by atoms with Crippen LogP contribution < -0.4 is 5.73 Å². The number of hydrogen-bond acceptors (Lipinski definition) is 4. The van der Waals surface area contributed by atoms with Crippen LogP contribution in [0.25, 0.3) is 0 Å². The molecule has 0 spiro atoms. The van der Waals surface area contributed by atoms with Crippen LogP contribution in [0.15, 0.2) is 18.3 Å². The number of nitrogens with zero attached hydrogens (tertiary/aromatic N) is 2. The van der Waals surface area contributed by atoms with Gasteiger partial charge in [0, 0.05) is 13.1 Å². The van der Waals surface area contributed by atoms with E-state index in [-0.39, 0.29) is 5.92 Å². The molecule has 0 aromatic carbocycles. The van der Waals surface area contributed by atoms with Gasteiger partial charge in [0.2, 0.25) is 10.0 Å². The van der Waals surface area contributed by atoms with Gasteiger partial charge in [-0.1, -0.05) is 0 Å². The van der Waals surface area contributed by atoms with E-state index in [9.17, 15) is 12.8 Å². The van der Waals surface area contributed by atoms with E-state index in [4.69, 9.17) is 5.73 Å². The Morgan fingerprint density at radius 3 is 2.81 bits per heavy atom. The number of aromatic nitrogens is 1. The van der Waals surface area contributed by atoms with E-state index < -0.39 is 21.4 Å². The van der Waals surface area contributed by atoms with Gasteiger partial charge in [-0.3, -0.25) is 4.98 Å². The number of nitrogens with two attached hydrogens (primary N) is 1. The number of halogens is 1. The van der Waals surface area contributed by atoms with E-state index in [0.29, 0.717) is 25.2 Å². The quantitative estimate of drug-likeness (QED) is 0.912. The van der Waals surface area contributed by atoms with Crippen molar-refractivity contribution >= 4 is 10.0 Å². The zero-order valence-electron chi connectivity index (χ0n) is 12.4. The summed E-state index contributed by atoms with van der Waals surface area (Å²) in [6.45, 7) is 2.92. The van der Waals surface area contributed by atoms with Gasteiger partial charge in [-0.15, -0.1) is 0 Å². The summed E-state index contributed by atoms with van der Waals surface area (Å²) in [4.78, 5) is 4.05. The van der Waals surface area contributed by atoms with Crippen LogP contribution in [0.3, 0.4) is 0 Å². The minimum absolute atomic E-state index is 0.190. The molecule has 118 valence electrons. The highest BCUT2D eigenvalue weighted by Crippen LogP contribution is 2.30. The molecule has 2 unspecified atom stereocenters. The second-order valence-electron chi connectivity index (χ2n) is 6.11. The predicted molar refractivity (Wildman–Crippen MR) is 79.5 cm³/mol. The first-order chi connectivity index (χ1) is 9.68. The van der Waals surface area contributed by atoms with Crippen LogP contribution in [-0.4, -0.2) is 37.1 Å². The van der Waals surface area contributed by atoms with Crippen molar-refractivity contribution in [2.75, 3.05) is 19.3 Å². The molecule has 0 aliphatic carbocycles. The molecule has 1 aliphatic heterocycles. The lowest BCUT2D eigenvalue weighted by molar-refractivity contribution is 0.219. The molecule has 2 N–H and O–H groups in total. The molecule has 21 heavy (non-hydrogen) atoms. The number of sulfonamides is 1. The average Bonchev–Trinajstić information content (AvgIpc) is 2.38. The Hall–Kier alpha value is -1.05. The summed E-state index contributed by atoms with van der Waals surface area (Å²) in [6, 6.07) is 2.93. The second kappa shape index (κ2) is 5.98. The van der Waals surface area contributed by atoms with Gasteiger partial charge in [-0.05, 0) is 44.2 Å². The average molecular weight is 315 g/mol. The van der Waals surface area contributed by atoms with Crippen LogP contribution >= 0.6 is 0 Å². The molecule has 1 fully saturated rings. The first kappa shape index (κ1) is 16.3. The van der Waals surface area contributed by atoms with Gasteiger partial charge < -0.3 is 5.73 Å². The zero-order chi connectivity index (χ0) is 15.7. The van der Waals surface area contributed by atoms with Gasteiger partial charge in [0.15, 0.2) is 0 Å². The van der Waals surface area contributed by atoms with Crippen LogP contribution in [0.4, 0.5) is 4.39 Å². The summed E-state index contributed by atoms with van der Waals surface area (Å²) in [5, 5.41) is 0. The summed E-state index contributed by atoms with van der Waals surface area (Å²) in [5.74, 6) is -0.203. The lowest BCUT2D eigenvalue weighted by Crippen LogP contribution is -2.43. The summed E-state index contributed by atoms with van der Waals surface area (Å²) in [7, 11) is -3.16. The zero-order valence-corrected chi connectivity index (χ0v) is 13.2. The lowest BCUT2D eigenvalue weighted by atomic mass is 9.83. The van der Waals surface area contributed by atoms with Gasteiger partial charge in [0.1, 0.15) is 5.82 Å². The van der Waals surface area contributed by atoms with E-state index in [1.54, 1.807) is 6.07 Å². The van der Waals surface area contributed by atoms with Crippen molar-refractivity contribution in [2.24, 2.45) is 11.7 Å². The highest BCUT2D eigenvalue weighted by molar-refractivity contribution is 7.88. The van der Waals surface area contributed by atoms with Gasteiger partial charge in [-0.25, -0.2) is 17.1 Å². The largest absolute Gasteiger partial charge is 0.320 e. The maximum absolute atomic E-state index is 12.9. The maximum atomic E-state index is 12.9. The van der Waals surface area contributed by atoms with Gasteiger partial charge in [0.05, 0.1) is 23.7 Å². The molecule has 0 radical (unpaired) electrons. The van der Waals surface area contributed by atoms with E-state index in [0.717, 1.165) is 19.0 Å². The van der Waals surface area contributed by atoms with E-state index in [1.807, 2.05) is 6.92 Å². The van der Waals surface area contributed by atoms with Crippen molar-refractivity contribution in [3.63, 3.8) is 0 Å². The second-order valence-corrected chi connectivity index (χ2v) is 8.09. The number of piperidine rings is 1. The van der Waals surface area contributed by atoms with Crippen molar-refractivity contribution < 1.29 is 12.8 Å². The van der Waals surface area contributed by atoms with Crippen LogP contribution in [-0.2, 0) is 15.6 Å². The normalized spacial score (nSPS) is 23.7.